The Morgan fingerprint density at radius 1 is 1.10 bits per heavy atom. The molecule has 4 aromatic rings. The van der Waals surface area contributed by atoms with E-state index in [0.29, 0.717) is 35.6 Å². The van der Waals surface area contributed by atoms with Gasteiger partial charge in [0.25, 0.3) is 5.89 Å². The van der Waals surface area contributed by atoms with Gasteiger partial charge in [-0.15, -0.1) is 0 Å². The summed E-state index contributed by atoms with van der Waals surface area (Å²) in [6, 6.07) is 15.2. The summed E-state index contributed by atoms with van der Waals surface area (Å²) in [6.07, 6.45) is 1.73. The van der Waals surface area contributed by atoms with Gasteiger partial charge in [-0.3, -0.25) is 0 Å². The van der Waals surface area contributed by atoms with Crippen molar-refractivity contribution in [3.63, 3.8) is 0 Å². The van der Waals surface area contributed by atoms with Crippen LogP contribution in [0, 0.1) is 0 Å². The van der Waals surface area contributed by atoms with Crippen LogP contribution in [0.25, 0.3) is 23.0 Å². The smallest absolute Gasteiger partial charge is 0.278 e. The van der Waals surface area contributed by atoms with Crippen molar-refractivity contribution in [2.24, 2.45) is 0 Å². The van der Waals surface area contributed by atoms with Crippen molar-refractivity contribution in [3.8, 4) is 28.7 Å². The summed E-state index contributed by atoms with van der Waals surface area (Å²) in [5.74, 6) is 1.68. The van der Waals surface area contributed by atoms with E-state index in [4.69, 9.17) is 25.6 Å². The Hall–Kier alpha value is -3.16. The molecule has 1 aliphatic rings. The third kappa shape index (κ3) is 3.39. The molecule has 0 spiro atoms. The molecular weight excluding hydrogens is 392 g/mol. The number of methoxy groups -OCH3 is 1. The number of ether oxygens (including phenoxy) is 2. The molecule has 0 bridgehead atoms. The van der Waals surface area contributed by atoms with Gasteiger partial charge in [0.2, 0.25) is 5.82 Å². The van der Waals surface area contributed by atoms with Gasteiger partial charge in [0.15, 0.2) is 5.69 Å². The van der Waals surface area contributed by atoms with Crippen molar-refractivity contribution in [3.05, 3.63) is 71.1 Å². The van der Waals surface area contributed by atoms with Gasteiger partial charge in [0, 0.05) is 10.6 Å². The number of hydrogen-bond acceptors (Lipinski definition) is 6. The van der Waals surface area contributed by atoms with Crippen LogP contribution in [0.2, 0.25) is 5.02 Å². The molecule has 5 rings (SSSR count). The van der Waals surface area contributed by atoms with E-state index in [1.807, 2.05) is 36.4 Å². The lowest BCUT2D eigenvalue weighted by molar-refractivity contribution is 0.00328. The van der Waals surface area contributed by atoms with Gasteiger partial charge in [-0.05, 0) is 42.0 Å². The number of fused-ring (bicyclic) bond motifs is 1. The van der Waals surface area contributed by atoms with Crippen LogP contribution in [-0.4, -0.2) is 26.8 Å². The molecular formula is C21H17ClN4O3. The van der Waals surface area contributed by atoms with Gasteiger partial charge in [-0.1, -0.05) is 28.9 Å². The predicted octanol–water partition coefficient (Wildman–Crippen LogP) is 4.53. The molecule has 0 fully saturated rings. The van der Waals surface area contributed by atoms with Gasteiger partial charge in [-0.2, -0.15) is 4.98 Å². The molecule has 0 N–H and O–H groups in total. The Labute approximate surface area is 171 Å². The van der Waals surface area contributed by atoms with Crippen molar-refractivity contribution in [1.82, 2.24) is 19.7 Å². The highest BCUT2D eigenvalue weighted by molar-refractivity contribution is 6.30. The van der Waals surface area contributed by atoms with Crippen LogP contribution in [-0.2, 0) is 17.9 Å². The number of nitrogens with zero attached hydrogens (tertiary/aromatic N) is 4. The third-order valence-corrected chi connectivity index (χ3v) is 5.20. The second-order valence-corrected chi connectivity index (χ2v) is 7.13. The minimum Gasteiger partial charge on any atom is -0.497 e. The molecule has 2 aromatic carbocycles. The van der Waals surface area contributed by atoms with E-state index in [0.717, 1.165) is 22.6 Å². The maximum Gasteiger partial charge on any atom is 0.278 e. The summed E-state index contributed by atoms with van der Waals surface area (Å²) >= 11 is 5.94. The zero-order chi connectivity index (χ0) is 19.8. The fraction of sp³-hybridized carbons (Fsp3) is 0.190. The zero-order valence-corrected chi connectivity index (χ0v) is 16.3. The van der Waals surface area contributed by atoms with Crippen molar-refractivity contribution in [2.45, 2.75) is 19.3 Å². The molecule has 1 unspecified atom stereocenters. The largest absolute Gasteiger partial charge is 0.497 e. The Morgan fingerprint density at radius 3 is 2.66 bits per heavy atom. The highest BCUT2D eigenvalue weighted by Gasteiger charge is 2.26. The van der Waals surface area contributed by atoms with E-state index < -0.39 is 0 Å². The first-order valence-corrected chi connectivity index (χ1v) is 9.48. The maximum atomic E-state index is 6.08. The Bertz CT molecular complexity index is 1140. The molecule has 146 valence electrons. The molecule has 0 saturated heterocycles. The van der Waals surface area contributed by atoms with E-state index >= 15 is 0 Å². The van der Waals surface area contributed by atoms with Crippen molar-refractivity contribution >= 4 is 11.6 Å². The zero-order valence-electron chi connectivity index (χ0n) is 15.6. The van der Waals surface area contributed by atoms with Gasteiger partial charge >= 0.3 is 0 Å². The second-order valence-electron chi connectivity index (χ2n) is 6.70. The van der Waals surface area contributed by atoms with E-state index in [1.54, 1.807) is 25.6 Å². The fourth-order valence-electron chi connectivity index (χ4n) is 3.36. The normalized spacial score (nSPS) is 15.9. The van der Waals surface area contributed by atoms with Gasteiger partial charge < -0.3 is 18.6 Å². The van der Waals surface area contributed by atoms with Crippen LogP contribution < -0.4 is 4.74 Å². The van der Waals surface area contributed by atoms with Crippen molar-refractivity contribution in [2.75, 3.05) is 7.11 Å². The van der Waals surface area contributed by atoms with Crippen LogP contribution in [0.5, 0.6) is 5.75 Å². The fourth-order valence-corrected chi connectivity index (χ4v) is 3.49. The van der Waals surface area contributed by atoms with Crippen molar-refractivity contribution in [1.29, 1.82) is 0 Å². The number of imidazole rings is 1. The maximum absolute atomic E-state index is 6.08. The number of rotatable bonds is 4. The molecule has 7 nitrogen and oxygen atoms in total. The van der Waals surface area contributed by atoms with Crippen molar-refractivity contribution < 1.29 is 14.0 Å². The first-order valence-electron chi connectivity index (χ1n) is 9.11. The van der Waals surface area contributed by atoms with Gasteiger partial charge in [-0.25, -0.2) is 4.98 Å². The summed E-state index contributed by atoms with van der Waals surface area (Å²) in [6.45, 7) is 1.07. The van der Waals surface area contributed by atoms with Crippen LogP contribution in [0.15, 0.2) is 59.4 Å². The van der Waals surface area contributed by atoms with Crippen LogP contribution >= 0.6 is 11.6 Å². The SMILES string of the molecule is COc1ccc(C2Cn3cnc(-c4nc(-c5ccc(Cl)cc5)no4)c3CO2)cc1. The highest BCUT2D eigenvalue weighted by atomic mass is 35.5. The summed E-state index contributed by atoms with van der Waals surface area (Å²) in [5, 5.41) is 4.73. The van der Waals surface area contributed by atoms with E-state index in [9.17, 15) is 0 Å². The number of halogens is 1. The average molecular weight is 409 g/mol. The standard InChI is InChI=1S/C21H17ClN4O3/c1-27-16-8-4-13(5-9-16)18-10-26-12-23-19(17(26)11-28-18)21-24-20(25-29-21)14-2-6-15(22)7-3-14/h2-9,12,18H,10-11H2,1H3. The molecule has 29 heavy (non-hydrogen) atoms. The van der Waals surface area contributed by atoms with Crippen LogP contribution in [0.3, 0.4) is 0 Å². The van der Waals surface area contributed by atoms with E-state index in [-0.39, 0.29) is 6.10 Å². The molecule has 1 atom stereocenters. The monoisotopic (exact) mass is 408 g/mol. The lowest BCUT2D eigenvalue weighted by Crippen LogP contribution is -2.20. The molecule has 1 aliphatic heterocycles. The lowest BCUT2D eigenvalue weighted by atomic mass is 10.1. The van der Waals surface area contributed by atoms with E-state index in [1.165, 1.54) is 0 Å². The number of hydrogen-bond donors (Lipinski definition) is 0. The Balaban J connectivity index is 1.38. The summed E-state index contributed by atoms with van der Waals surface area (Å²) < 4.78 is 18.8. The van der Waals surface area contributed by atoms with E-state index in [2.05, 4.69) is 19.7 Å². The van der Waals surface area contributed by atoms with Crippen LogP contribution in [0.4, 0.5) is 0 Å². The summed E-state index contributed by atoms with van der Waals surface area (Å²) in [5.41, 5.74) is 3.48. The van der Waals surface area contributed by atoms with Gasteiger partial charge in [0.1, 0.15) is 11.9 Å². The number of benzene rings is 2. The predicted molar refractivity (Wildman–Crippen MR) is 106 cm³/mol. The average Bonchev–Trinajstić information content (AvgIpc) is 3.41. The summed E-state index contributed by atoms with van der Waals surface area (Å²) in [4.78, 5) is 8.98. The molecule has 0 aliphatic carbocycles. The molecule has 3 heterocycles. The highest BCUT2D eigenvalue weighted by Crippen LogP contribution is 2.32. The number of aromatic nitrogens is 4. The quantitative estimate of drug-likeness (QED) is 0.493. The molecule has 0 radical (unpaired) electrons. The topological polar surface area (TPSA) is 75.2 Å². The summed E-state index contributed by atoms with van der Waals surface area (Å²) in [7, 11) is 1.65. The Morgan fingerprint density at radius 2 is 1.90 bits per heavy atom. The minimum absolute atomic E-state index is 0.0530. The first-order chi connectivity index (χ1) is 14.2. The van der Waals surface area contributed by atoms with Gasteiger partial charge in [0.05, 0.1) is 32.3 Å². The first kappa shape index (κ1) is 17.9. The lowest BCUT2D eigenvalue weighted by Gasteiger charge is -2.25. The molecule has 0 saturated carbocycles. The minimum atomic E-state index is -0.0530. The molecule has 8 heteroatoms. The molecule has 2 aromatic heterocycles. The molecule has 0 amide bonds. The second kappa shape index (κ2) is 7.35. The van der Waals surface area contributed by atoms with Crippen LogP contribution in [0.1, 0.15) is 17.4 Å². The third-order valence-electron chi connectivity index (χ3n) is 4.95. The Kier molecular flexibility index (Phi) is 4.54.